The van der Waals surface area contributed by atoms with Crippen molar-refractivity contribution in [1.29, 1.82) is 0 Å². The summed E-state index contributed by atoms with van der Waals surface area (Å²) in [6.45, 7) is 2.08. The molecule has 9 heteroatoms. The molecule has 2 amide bonds. The van der Waals surface area contributed by atoms with Gasteiger partial charge >= 0.3 is 0 Å². The number of carbonyl (C=O) groups is 2. The highest BCUT2D eigenvalue weighted by molar-refractivity contribution is 7.99. The second-order valence-corrected chi connectivity index (χ2v) is 7.71. The van der Waals surface area contributed by atoms with Crippen LogP contribution in [0, 0.1) is 0 Å². The molecule has 3 rings (SSSR count). The van der Waals surface area contributed by atoms with Crippen LogP contribution < -0.4 is 15.4 Å². The molecular weight excluding hydrogens is 414 g/mol. The quantitative estimate of drug-likeness (QED) is 0.497. The summed E-state index contributed by atoms with van der Waals surface area (Å²) in [5, 5.41) is 14.4. The third-order valence-corrected chi connectivity index (χ3v) is 5.62. The fraction of sp³-hybridized carbons (Fsp3) is 0.273. The molecule has 0 aliphatic carbocycles. The summed E-state index contributed by atoms with van der Waals surface area (Å²) in [4.78, 5) is 24.6. The van der Waals surface area contributed by atoms with E-state index in [1.54, 1.807) is 30.9 Å². The van der Waals surface area contributed by atoms with Gasteiger partial charge in [-0.05, 0) is 36.2 Å². The van der Waals surface area contributed by atoms with Crippen LogP contribution in [0.15, 0.2) is 53.7 Å². The standard InChI is InChI=1S/C22H25N5O3S/c1-4-15-9-11-16(12-10-15)23-21(29)14-31-22-26-25-19(27(22)2)13-20(28)24-17-7-5-6-8-18(17)30-3/h5-12H,4,13-14H2,1-3H3,(H,23,29)(H,24,28). The summed E-state index contributed by atoms with van der Waals surface area (Å²) in [6.07, 6.45) is 1.01. The van der Waals surface area contributed by atoms with Gasteiger partial charge in [-0.1, -0.05) is 43.0 Å². The maximum atomic E-state index is 12.4. The Balaban J connectivity index is 1.53. The van der Waals surface area contributed by atoms with Crippen molar-refractivity contribution in [2.45, 2.75) is 24.9 Å². The number of hydrogen-bond acceptors (Lipinski definition) is 6. The molecule has 0 radical (unpaired) electrons. The number of methoxy groups -OCH3 is 1. The highest BCUT2D eigenvalue weighted by Gasteiger charge is 2.15. The van der Waals surface area contributed by atoms with Gasteiger partial charge < -0.3 is 19.9 Å². The van der Waals surface area contributed by atoms with E-state index in [9.17, 15) is 9.59 Å². The average Bonchev–Trinajstić information content (AvgIpc) is 3.12. The summed E-state index contributed by atoms with van der Waals surface area (Å²) in [5.41, 5.74) is 2.57. The number of amides is 2. The number of ether oxygens (including phenoxy) is 1. The number of anilines is 2. The Morgan fingerprint density at radius 3 is 2.48 bits per heavy atom. The molecule has 2 aromatic carbocycles. The van der Waals surface area contributed by atoms with Gasteiger partial charge in [0.2, 0.25) is 11.8 Å². The smallest absolute Gasteiger partial charge is 0.234 e. The molecule has 31 heavy (non-hydrogen) atoms. The van der Waals surface area contributed by atoms with E-state index in [2.05, 4.69) is 27.8 Å². The summed E-state index contributed by atoms with van der Waals surface area (Å²) in [6, 6.07) is 15.0. The van der Waals surface area contributed by atoms with E-state index in [0.29, 0.717) is 22.4 Å². The Kier molecular flexibility index (Phi) is 7.66. The summed E-state index contributed by atoms with van der Waals surface area (Å²) >= 11 is 1.27. The van der Waals surface area contributed by atoms with Crippen molar-refractivity contribution in [3.05, 3.63) is 59.9 Å². The van der Waals surface area contributed by atoms with Crippen LogP contribution in [0.2, 0.25) is 0 Å². The largest absolute Gasteiger partial charge is 0.495 e. The number of nitrogens with zero attached hydrogens (tertiary/aromatic N) is 3. The maximum absolute atomic E-state index is 12.4. The minimum Gasteiger partial charge on any atom is -0.495 e. The number of carbonyl (C=O) groups excluding carboxylic acids is 2. The molecule has 0 aliphatic heterocycles. The molecule has 0 saturated heterocycles. The first kappa shape index (κ1) is 22.4. The monoisotopic (exact) mass is 439 g/mol. The fourth-order valence-electron chi connectivity index (χ4n) is 2.86. The number of aryl methyl sites for hydroxylation is 1. The van der Waals surface area contributed by atoms with Crippen LogP contribution in [0.5, 0.6) is 5.75 Å². The minimum absolute atomic E-state index is 0.0537. The molecule has 0 saturated carbocycles. The lowest BCUT2D eigenvalue weighted by Gasteiger charge is -2.09. The van der Waals surface area contributed by atoms with E-state index in [4.69, 9.17) is 4.74 Å². The Hall–Kier alpha value is -3.33. The van der Waals surface area contributed by atoms with E-state index in [0.717, 1.165) is 12.1 Å². The van der Waals surface area contributed by atoms with Crippen LogP contribution in [0.3, 0.4) is 0 Å². The van der Waals surface area contributed by atoms with Gasteiger partial charge in [0.15, 0.2) is 5.16 Å². The zero-order chi connectivity index (χ0) is 22.2. The first-order chi connectivity index (χ1) is 15.0. The molecular formula is C22H25N5O3S. The van der Waals surface area contributed by atoms with Gasteiger partial charge in [0, 0.05) is 12.7 Å². The number of thioether (sulfide) groups is 1. The first-order valence-corrected chi connectivity index (χ1v) is 10.8. The lowest BCUT2D eigenvalue weighted by Crippen LogP contribution is -2.17. The number of rotatable bonds is 9. The molecule has 0 fully saturated rings. The predicted octanol–water partition coefficient (Wildman–Crippen LogP) is 3.30. The lowest BCUT2D eigenvalue weighted by atomic mass is 10.1. The summed E-state index contributed by atoms with van der Waals surface area (Å²) in [5.74, 6) is 0.915. The van der Waals surface area contributed by atoms with E-state index < -0.39 is 0 Å². The van der Waals surface area contributed by atoms with Gasteiger partial charge in [-0.2, -0.15) is 0 Å². The fourth-order valence-corrected chi connectivity index (χ4v) is 3.59. The number of aromatic nitrogens is 3. The second-order valence-electron chi connectivity index (χ2n) is 6.77. The third kappa shape index (κ3) is 6.08. The molecule has 1 heterocycles. The van der Waals surface area contributed by atoms with E-state index in [1.165, 1.54) is 17.3 Å². The SMILES string of the molecule is CCc1ccc(NC(=O)CSc2nnc(CC(=O)Nc3ccccc3OC)n2C)cc1. The van der Waals surface area contributed by atoms with Crippen molar-refractivity contribution >= 4 is 35.0 Å². The van der Waals surface area contributed by atoms with Crippen molar-refractivity contribution in [2.24, 2.45) is 7.05 Å². The molecule has 0 bridgehead atoms. The lowest BCUT2D eigenvalue weighted by molar-refractivity contribution is -0.116. The van der Waals surface area contributed by atoms with E-state index in [-0.39, 0.29) is 24.0 Å². The highest BCUT2D eigenvalue weighted by Crippen LogP contribution is 2.23. The number of para-hydroxylation sites is 2. The van der Waals surface area contributed by atoms with Crippen LogP contribution in [0.1, 0.15) is 18.3 Å². The molecule has 0 atom stereocenters. The molecule has 1 aromatic heterocycles. The van der Waals surface area contributed by atoms with Gasteiger partial charge in [-0.15, -0.1) is 10.2 Å². The zero-order valence-corrected chi connectivity index (χ0v) is 18.5. The van der Waals surface area contributed by atoms with Gasteiger partial charge in [-0.25, -0.2) is 0 Å². The normalized spacial score (nSPS) is 10.5. The Morgan fingerprint density at radius 1 is 1.03 bits per heavy atom. The molecule has 2 N–H and O–H groups in total. The van der Waals surface area contributed by atoms with E-state index in [1.807, 2.05) is 36.4 Å². The van der Waals surface area contributed by atoms with Crippen LogP contribution >= 0.6 is 11.8 Å². The second kappa shape index (κ2) is 10.6. The van der Waals surface area contributed by atoms with Gasteiger partial charge in [0.1, 0.15) is 11.6 Å². The average molecular weight is 440 g/mol. The van der Waals surface area contributed by atoms with Crippen molar-refractivity contribution in [1.82, 2.24) is 14.8 Å². The Morgan fingerprint density at radius 2 is 1.77 bits per heavy atom. The highest BCUT2D eigenvalue weighted by atomic mass is 32.2. The van der Waals surface area contributed by atoms with Crippen LogP contribution in [0.25, 0.3) is 0 Å². The minimum atomic E-state index is -0.232. The number of nitrogens with one attached hydrogen (secondary N) is 2. The Bertz CT molecular complexity index is 1050. The summed E-state index contributed by atoms with van der Waals surface area (Å²) in [7, 11) is 3.32. The molecule has 0 aliphatic rings. The van der Waals surface area contributed by atoms with Crippen LogP contribution in [-0.2, 0) is 29.5 Å². The van der Waals surface area contributed by atoms with E-state index >= 15 is 0 Å². The van der Waals surface area contributed by atoms with Crippen molar-refractivity contribution in [3.63, 3.8) is 0 Å². The van der Waals surface area contributed by atoms with Crippen molar-refractivity contribution < 1.29 is 14.3 Å². The number of hydrogen-bond donors (Lipinski definition) is 2. The molecule has 3 aromatic rings. The Labute approximate surface area is 185 Å². The topological polar surface area (TPSA) is 98.1 Å². The maximum Gasteiger partial charge on any atom is 0.234 e. The third-order valence-electron chi connectivity index (χ3n) is 4.60. The molecule has 0 spiro atoms. The molecule has 162 valence electrons. The van der Waals surface area contributed by atoms with Crippen molar-refractivity contribution in [2.75, 3.05) is 23.5 Å². The van der Waals surface area contributed by atoms with Crippen molar-refractivity contribution in [3.8, 4) is 5.75 Å². The van der Waals surface area contributed by atoms with Crippen LogP contribution in [0.4, 0.5) is 11.4 Å². The van der Waals surface area contributed by atoms with Gasteiger partial charge in [0.05, 0.1) is 25.0 Å². The first-order valence-electron chi connectivity index (χ1n) is 9.83. The predicted molar refractivity (Wildman–Crippen MR) is 122 cm³/mol. The summed E-state index contributed by atoms with van der Waals surface area (Å²) < 4.78 is 6.96. The molecule has 8 nitrogen and oxygen atoms in total. The molecule has 0 unspecified atom stereocenters. The van der Waals surface area contributed by atoms with Gasteiger partial charge in [-0.3, -0.25) is 9.59 Å². The zero-order valence-electron chi connectivity index (χ0n) is 17.7. The van der Waals surface area contributed by atoms with Crippen LogP contribution in [-0.4, -0.2) is 39.4 Å². The van der Waals surface area contributed by atoms with Gasteiger partial charge in [0.25, 0.3) is 0 Å². The number of benzene rings is 2.